The van der Waals surface area contributed by atoms with Crippen LogP contribution in [0.15, 0.2) is 41.8 Å². The number of hydrogen-bond acceptors (Lipinski definition) is 3. The number of thiophene rings is 1. The van der Waals surface area contributed by atoms with E-state index in [0.717, 1.165) is 6.42 Å². The SMILES string of the molecule is C[C@H]1C[C@H](c2ccccc2F)N(C(=O)CNC(=O)c2cccs2)C1. The molecular formula is C18H19FN2O2S. The topological polar surface area (TPSA) is 49.4 Å². The van der Waals surface area contributed by atoms with Crippen LogP contribution in [0, 0.1) is 11.7 Å². The molecule has 2 aromatic rings. The Morgan fingerprint density at radius 1 is 1.29 bits per heavy atom. The fourth-order valence-electron chi connectivity index (χ4n) is 3.11. The smallest absolute Gasteiger partial charge is 0.261 e. The van der Waals surface area contributed by atoms with E-state index in [4.69, 9.17) is 0 Å². The molecule has 1 aromatic carbocycles. The number of nitrogens with zero attached hydrogens (tertiary/aromatic N) is 1. The highest BCUT2D eigenvalue weighted by Crippen LogP contribution is 2.36. The molecule has 6 heteroatoms. The number of halogens is 1. The predicted octanol–water partition coefficient (Wildman–Crippen LogP) is 3.23. The van der Waals surface area contributed by atoms with Crippen LogP contribution in [0.2, 0.25) is 0 Å². The third-order valence-electron chi connectivity index (χ3n) is 4.24. The maximum atomic E-state index is 14.1. The third kappa shape index (κ3) is 3.48. The molecule has 4 nitrogen and oxygen atoms in total. The largest absolute Gasteiger partial charge is 0.342 e. The van der Waals surface area contributed by atoms with Crippen LogP contribution in [0.25, 0.3) is 0 Å². The summed E-state index contributed by atoms with van der Waals surface area (Å²) in [6, 6.07) is 9.80. The van der Waals surface area contributed by atoms with Crippen LogP contribution in [0.5, 0.6) is 0 Å². The first kappa shape index (κ1) is 16.6. The zero-order valence-electron chi connectivity index (χ0n) is 13.4. The van der Waals surface area contributed by atoms with Gasteiger partial charge in [-0.3, -0.25) is 9.59 Å². The van der Waals surface area contributed by atoms with Gasteiger partial charge in [-0.25, -0.2) is 4.39 Å². The number of rotatable bonds is 4. The molecule has 0 spiro atoms. The highest BCUT2D eigenvalue weighted by molar-refractivity contribution is 7.12. The average molecular weight is 346 g/mol. The van der Waals surface area contributed by atoms with Gasteiger partial charge in [0.15, 0.2) is 0 Å². The summed E-state index contributed by atoms with van der Waals surface area (Å²) >= 11 is 1.33. The lowest BCUT2D eigenvalue weighted by molar-refractivity contribution is -0.131. The molecule has 126 valence electrons. The molecule has 2 atom stereocenters. The molecule has 1 aliphatic heterocycles. The fraction of sp³-hybridized carbons (Fsp3) is 0.333. The number of carbonyl (C=O) groups excluding carboxylic acids is 2. The molecule has 24 heavy (non-hydrogen) atoms. The van der Waals surface area contributed by atoms with E-state index >= 15 is 0 Å². The summed E-state index contributed by atoms with van der Waals surface area (Å²) in [6.45, 7) is 2.55. The monoisotopic (exact) mass is 346 g/mol. The van der Waals surface area contributed by atoms with Gasteiger partial charge in [0.2, 0.25) is 5.91 Å². The Bertz CT molecular complexity index is 732. The van der Waals surface area contributed by atoms with Crippen LogP contribution in [0.1, 0.15) is 34.6 Å². The number of carbonyl (C=O) groups is 2. The van der Waals surface area contributed by atoms with E-state index in [0.29, 0.717) is 22.9 Å². The van der Waals surface area contributed by atoms with Gasteiger partial charge in [0.1, 0.15) is 5.82 Å². The van der Waals surface area contributed by atoms with Gasteiger partial charge in [0.25, 0.3) is 5.91 Å². The minimum absolute atomic E-state index is 0.0750. The lowest BCUT2D eigenvalue weighted by Gasteiger charge is -2.25. The first-order valence-corrected chi connectivity index (χ1v) is 8.80. The van der Waals surface area contributed by atoms with Crippen LogP contribution in [0.4, 0.5) is 4.39 Å². The number of likely N-dealkylation sites (tertiary alicyclic amines) is 1. The second kappa shape index (κ2) is 7.13. The molecule has 2 amide bonds. The van der Waals surface area contributed by atoms with E-state index < -0.39 is 0 Å². The van der Waals surface area contributed by atoms with E-state index in [1.54, 1.807) is 35.2 Å². The van der Waals surface area contributed by atoms with Crippen molar-refractivity contribution < 1.29 is 14.0 Å². The molecule has 1 saturated heterocycles. The second-order valence-corrected chi connectivity index (χ2v) is 7.03. The summed E-state index contributed by atoms with van der Waals surface area (Å²) in [5.74, 6) is -0.436. The van der Waals surface area contributed by atoms with Gasteiger partial charge in [-0.1, -0.05) is 31.2 Å². The third-order valence-corrected chi connectivity index (χ3v) is 5.11. The minimum Gasteiger partial charge on any atom is -0.342 e. The number of benzene rings is 1. The average Bonchev–Trinajstić information content (AvgIpc) is 3.22. The number of amides is 2. The van der Waals surface area contributed by atoms with Crippen molar-refractivity contribution in [3.8, 4) is 0 Å². The Balaban J connectivity index is 1.68. The van der Waals surface area contributed by atoms with E-state index in [1.165, 1.54) is 17.4 Å². The zero-order valence-corrected chi connectivity index (χ0v) is 14.2. The summed E-state index contributed by atoms with van der Waals surface area (Å²) in [4.78, 5) is 26.8. The minimum atomic E-state index is -0.294. The normalized spacial score (nSPS) is 20.2. The molecule has 1 aliphatic rings. The van der Waals surface area contributed by atoms with Crippen molar-refractivity contribution in [2.75, 3.05) is 13.1 Å². The van der Waals surface area contributed by atoms with Gasteiger partial charge in [0, 0.05) is 12.1 Å². The Kier molecular flexibility index (Phi) is 4.94. The molecule has 1 aromatic heterocycles. The van der Waals surface area contributed by atoms with Gasteiger partial charge in [-0.05, 0) is 29.9 Å². The zero-order chi connectivity index (χ0) is 17.1. The Morgan fingerprint density at radius 3 is 2.79 bits per heavy atom. The van der Waals surface area contributed by atoms with Gasteiger partial charge < -0.3 is 10.2 Å². The van der Waals surface area contributed by atoms with E-state index in [9.17, 15) is 14.0 Å². The Hall–Kier alpha value is -2.21. The van der Waals surface area contributed by atoms with Crippen LogP contribution in [-0.2, 0) is 4.79 Å². The fourth-order valence-corrected chi connectivity index (χ4v) is 3.75. The molecular weight excluding hydrogens is 327 g/mol. The van der Waals surface area contributed by atoms with Crippen molar-refractivity contribution in [2.24, 2.45) is 5.92 Å². The molecule has 0 aliphatic carbocycles. The molecule has 1 N–H and O–H groups in total. The van der Waals surface area contributed by atoms with E-state index in [2.05, 4.69) is 5.32 Å². The summed E-state index contributed by atoms with van der Waals surface area (Å²) in [5, 5.41) is 4.46. The van der Waals surface area contributed by atoms with Crippen LogP contribution in [0.3, 0.4) is 0 Å². The van der Waals surface area contributed by atoms with Gasteiger partial charge >= 0.3 is 0 Å². The summed E-state index contributed by atoms with van der Waals surface area (Å²) in [7, 11) is 0. The standard InChI is InChI=1S/C18H19FN2O2S/c1-12-9-15(13-5-2-3-6-14(13)19)21(11-12)17(22)10-20-18(23)16-7-4-8-24-16/h2-8,12,15H,9-11H2,1H3,(H,20,23)/t12-,15+/m0/s1. The molecule has 0 radical (unpaired) electrons. The lowest BCUT2D eigenvalue weighted by Crippen LogP contribution is -2.40. The van der Waals surface area contributed by atoms with Gasteiger partial charge in [0.05, 0.1) is 17.5 Å². The van der Waals surface area contributed by atoms with Crippen molar-refractivity contribution >= 4 is 23.2 Å². The van der Waals surface area contributed by atoms with E-state index in [1.807, 2.05) is 12.3 Å². The van der Waals surface area contributed by atoms with Crippen LogP contribution >= 0.6 is 11.3 Å². The number of hydrogen-bond donors (Lipinski definition) is 1. The maximum Gasteiger partial charge on any atom is 0.261 e. The van der Waals surface area contributed by atoms with Crippen molar-refractivity contribution in [1.82, 2.24) is 10.2 Å². The van der Waals surface area contributed by atoms with Crippen LogP contribution in [-0.4, -0.2) is 29.8 Å². The first-order valence-electron chi connectivity index (χ1n) is 7.92. The molecule has 0 unspecified atom stereocenters. The van der Waals surface area contributed by atoms with Crippen molar-refractivity contribution in [1.29, 1.82) is 0 Å². The predicted molar refractivity (Wildman–Crippen MR) is 91.3 cm³/mol. The van der Waals surface area contributed by atoms with Crippen molar-refractivity contribution in [2.45, 2.75) is 19.4 Å². The molecule has 0 saturated carbocycles. The Labute approximate surface area is 144 Å². The summed E-state index contributed by atoms with van der Waals surface area (Å²) in [5.41, 5.74) is 0.541. The highest BCUT2D eigenvalue weighted by atomic mass is 32.1. The van der Waals surface area contributed by atoms with Gasteiger partial charge in [-0.2, -0.15) is 0 Å². The number of nitrogens with one attached hydrogen (secondary N) is 1. The maximum absolute atomic E-state index is 14.1. The quantitative estimate of drug-likeness (QED) is 0.924. The first-order chi connectivity index (χ1) is 11.6. The molecule has 2 heterocycles. The Morgan fingerprint density at radius 2 is 2.08 bits per heavy atom. The van der Waals surface area contributed by atoms with Crippen molar-refractivity contribution in [3.05, 3.63) is 58.0 Å². The molecule has 3 rings (SSSR count). The summed E-state index contributed by atoms with van der Waals surface area (Å²) < 4.78 is 14.1. The van der Waals surface area contributed by atoms with Crippen molar-refractivity contribution in [3.63, 3.8) is 0 Å². The molecule has 1 fully saturated rings. The summed E-state index contributed by atoms with van der Waals surface area (Å²) in [6.07, 6.45) is 0.728. The van der Waals surface area contributed by atoms with Crippen LogP contribution < -0.4 is 5.32 Å². The highest BCUT2D eigenvalue weighted by Gasteiger charge is 2.35. The van der Waals surface area contributed by atoms with Gasteiger partial charge in [-0.15, -0.1) is 11.3 Å². The lowest BCUT2D eigenvalue weighted by atomic mass is 10.0. The second-order valence-electron chi connectivity index (χ2n) is 6.08. The molecule has 0 bridgehead atoms. The van der Waals surface area contributed by atoms with E-state index in [-0.39, 0.29) is 30.2 Å².